The number of nitrogens with zero attached hydrogens (tertiary/aromatic N) is 2. The van der Waals surface area contributed by atoms with Crippen molar-refractivity contribution in [3.8, 4) is 0 Å². The summed E-state index contributed by atoms with van der Waals surface area (Å²) in [5.74, 6) is 1.16. The first kappa shape index (κ1) is 14.2. The van der Waals surface area contributed by atoms with E-state index in [1.54, 1.807) is 6.08 Å². The summed E-state index contributed by atoms with van der Waals surface area (Å²) in [6, 6.07) is 0.769. The zero-order chi connectivity index (χ0) is 15.2. The Kier molecular flexibility index (Phi) is 3.43. The van der Waals surface area contributed by atoms with E-state index in [1.807, 2.05) is 6.92 Å². The van der Waals surface area contributed by atoms with Crippen LogP contribution in [0.15, 0.2) is 34.0 Å². The summed E-state index contributed by atoms with van der Waals surface area (Å²) in [6.45, 7) is 2.29. The average Bonchev–Trinajstić information content (AvgIpc) is 3.02. The van der Waals surface area contributed by atoms with Gasteiger partial charge in [-0.2, -0.15) is 10.2 Å². The third kappa shape index (κ3) is 2.33. The SMILES string of the molecule is CCOC(=O)/C=C/[C@@]12CCC[C@@H](C=C3C4CCC3N=N4)C1C2. The van der Waals surface area contributed by atoms with Crippen LogP contribution in [0.1, 0.15) is 45.4 Å². The molecule has 3 saturated carbocycles. The molecule has 4 heteroatoms. The van der Waals surface area contributed by atoms with Crippen LogP contribution in [-0.4, -0.2) is 24.7 Å². The summed E-state index contributed by atoms with van der Waals surface area (Å²) in [5, 5.41) is 8.74. The lowest BCUT2D eigenvalue weighted by Gasteiger charge is -2.25. The van der Waals surface area contributed by atoms with Crippen molar-refractivity contribution in [2.45, 2.75) is 57.5 Å². The first-order valence-corrected chi connectivity index (χ1v) is 8.69. The normalized spacial score (nSPS) is 41.8. The van der Waals surface area contributed by atoms with Crippen LogP contribution >= 0.6 is 0 Å². The second-order valence-corrected chi connectivity index (χ2v) is 7.19. The number of carbonyl (C=O) groups is 1. The van der Waals surface area contributed by atoms with Crippen LogP contribution in [0.25, 0.3) is 0 Å². The largest absolute Gasteiger partial charge is 0.463 e. The molecule has 1 aliphatic heterocycles. The van der Waals surface area contributed by atoms with Gasteiger partial charge in [0.1, 0.15) is 0 Å². The molecular formula is C18H24N2O2. The number of fused-ring (bicyclic) bond motifs is 3. The van der Waals surface area contributed by atoms with Gasteiger partial charge in [0.25, 0.3) is 0 Å². The van der Waals surface area contributed by atoms with Gasteiger partial charge in [-0.05, 0) is 61.9 Å². The molecule has 3 fully saturated rings. The zero-order valence-corrected chi connectivity index (χ0v) is 13.2. The minimum Gasteiger partial charge on any atom is -0.463 e. The van der Waals surface area contributed by atoms with Gasteiger partial charge >= 0.3 is 5.97 Å². The number of azo groups is 1. The van der Waals surface area contributed by atoms with E-state index in [-0.39, 0.29) is 11.4 Å². The first-order chi connectivity index (χ1) is 10.7. The summed E-state index contributed by atoms with van der Waals surface area (Å²) in [6.07, 6.45) is 13.6. The molecule has 22 heavy (non-hydrogen) atoms. The van der Waals surface area contributed by atoms with E-state index in [9.17, 15) is 4.79 Å². The maximum absolute atomic E-state index is 11.6. The van der Waals surface area contributed by atoms with Gasteiger partial charge in [-0.25, -0.2) is 4.79 Å². The fourth-order valence-electron chi connectivity index (χ4n) is 4.73. The molecule has 4 aliphatic rings. The Hall–Kier alpha value is -1.45. The maximum atomic E-state index is 11.6. The summed E-state index contributed by atoms with van der Waals surface area (Å²) in [5.41, 5.74) is 1.75. The van der Waals surface area contributed by atoms with E-state index in [1.165, 1.54) is 44.1 Å². The zero-order valence-electron chi connectivity index (χ0n) is 13.2. The van der Waals surface area contributed by atoms with Crippen LogP contribution in [0, 0.1) is 17.3 Å². The Morgan fingerprint density at radius 3 is 2.77 bits per heavy atom. The molecule has 0 aromatic carbocycles. The lowest BCUT2D eigenvalue weighted by molar-refractivity contribution is -0.137. The number of esters is 1. The van der Waals surface area contributed by atoms with Crippen molar-refractivity contribution in [2.24, 2.45) is 27.5 Å². The molecule has 3 unspecified atom stereocenters. The van der Waals surface area contributed by atoms with E-state index in [0.29, 0.717) is 30.5 Å². The molecule has 0 N–H and O–H groups in total. The van der Waals surface area contributed by atoms with Crippen molar-refractivity contribution in [3.05, 3.63) is 23.8 Å². The van der Waals surface area contributed by atoms with Crippen molar-refractivity contribution in [1.82, 2.24) is 0 Å². The Balaban J connectivity index is 1.45. The van der Waals surface area contributed by atoms with Crippen LogP contribution in [-0.2, 0) is 9.53 Å². The van der Waals surface area contributed by atoms with Crippen LogP contribution in [0.2, 0.25) is 0 Å². The molecule has 0 aromatic heterocycles. The van der Waals surface area contributed by atoms with Crippen LogP contribution in [0.4, 0.5) is 0 Å². The Morgan fingerprint density at radius 1 is 1.32 bits per heavy atom. The van der Waals surface area contributed by atoms with Crippen molar-refractivity contribution < 1.29 is 9.53 Å². The van der Waals surface area contributed by atoms with Crippen LogP contribution in [0.3, 0.4) is 0 Å². The molecule has 0 radical (unpaired) electrons. The van der Waals surface area contributed by atoms with E-state index in [4.69, 9.17) is 4.74 Å². The highest BCUT2D eigenvalue weighted by atomic mass is 16.5. The molecule has 4 rings (SSSR count). The summed E-state index contributed by atoms with van der Waals surface area (Å²) in [4.78, 5) is 11.6. The predicted molar refractivity (Wildman–Crippen MR) is 83.4 cm³/mol. The van der Waals surface area contributed by atoms with Gasteiger partial charge in [-0.3, -0.25) is 0 Å². The summed E-state index contributed by atoms with van der Waals surface area (Å²) < 4.78 is 5.00. The summed E-state index contributed by atoms with van der Waals surface area (Å²) >= 11 is 0. The Labute approximate surface area is 131 Å². The lowest BCUT2D eigenvalue weighted by atomic mass is 9.80. The quantitative estimate of drug-likeness (QED) is 0.450. The van der Waals surface area contributed by atoms with Gasteiger partial charge in [-0.1, -0.05) is 18.6 Å². The topological polar surface area (TPSA) is 51.0 Å². The predicted octanol–water partition coefficient (Wildman–Crippen LogP) is 3.84. The maximum Gasteiger partial charge on any atom is 0.330 e. The van der Waals surface area contributed by atoms with E-state index >= 15 is 0 Å². The van der Waals surface area contributed by atoms with Gasteiger partial charge in [0, 0.05) is 6.08 Å². The van der Waals surface area contributed by atoms with Gasteiger partial charge in [-0.15, -0.1) is 0 Å². The molecule has 5 atom stereocenters. The number of hydrogen-bond donors (Lipinski definition) is 0. The highest BCUT2D eigenvalue weighted by molar-refractivity contribution is 5.82. The minimum absolute atomic E-state index is 0.200. The molecule has 118 valence electrons. The van der Waals surface area contributed by atoms with Gasteiger partial charge < -0.3 is 4.74 Å². The third-order valence-corrected chi connectivity index (χ3v) is 5.95. The fraction of sp³-hybridized carbons (Fsp3) is 0.722. The number of ether oxygens (including phenoxy) is 1. The van der Waals surface area contributed by atoms with Gasteiger partial charge in [0.2, 0.25) is 0 Å². The highest BCUT2D eigenvalue weighted by Crippen LogP contribution is 2.65. The molecule has 1 heterocycles. The smallest absolute Gasteiger partial charge is 0.330 e. The molecule has 3 aliphatic carbocycles. The second kappa shape index (κ2) is 5.32. The molecule has 0 saturated heterocycles. The van der Waals surface area contributed by atoms with Crippen molar-refractivity contribution in [3.63, 3.8) is 0 Å². The lowest BCUT2D eigenvalue weighted by Crippen LogP contribution is -2.17. The Bertz CT molecular complexity index is 549. The Morgan fingerprint density at radius 2 is 2.09 bits per heavy atom. The highest BCUT2D eigenvalue weighted by Gasteiger charge is 2.57. The van der Waals surface area contributed by atoms with Crippen molar-refractivity contribution >= 4 is 5.97 Å². The molecular weight excluding hydrogens is 276 g/mol. The fourth-order valence-corrected chi connectivity index (χ4v) is 4.73. The van der Waals surface area contributed by atoms with E-state index < -0.39 is 0 Å². The van der Waals surface area contributed by atoms with Crippen molar-refractivity contribution in [2.75, 3.05) is 6.61 Å². The molecule has 0 spiro atoms. The number of allylic oxidation sites excluding steroid dienone is 2. The summed E-state index contributed by atoms with van der Waals surface area (Å²) in [7, 11) is 0. The number of carbonyl (C=O) groups excluding carboxylic acids is 1. The number of hydrogen-bond acceptors (Lipinski definition) is 4. The standard InChI is InChI=1S/C18H24N2O2/c1-2-22-17(21)7-9-18-8-3-4-12(14(18)11-18)10-13-15-5-6-16(13)20-19-15/h7,9-10,12,14-16H,2-6,8,11H2,1H3/b9-7+,13-10?/t12-,14?,15?,16?,18+/m0/s1. The average molecular weight is 300 g/mol. The van der Waals surface area contributed by atoms with Gasteiger partial charge in [0.05, 0.1) is 18.7 Å². The van der Waals surface area contributed by atoms with E-state index in [2.05, 4.69) is 22.4 Å². The first-order valence-electron chi connectivity index (χ1n) is 8.69. The van der Waals surface area contributed by atoms with Gasteiger partial charge in [0.15, 0.2) is 0 Å². The molecule has 0 aromatic rings. The monoisotopic (exact) mass is 300 g/mol. The van der Waals surface area contributed by atoms with Crippen LogP contribution < -0.4 is 0 Å². The third-order valence-electron chi connectivity index (χ3n) is 5.95. The second-order valence-electron chi connectivity index (χ2n) is 7.19. The van der Waals surface area contributed by atoms with Crippen molar-refractivity contribution in [1.29, 1.82) is 0 Å². The van der Waals surface area contributed by atoms with E-state index in [0.717, 1.165) is 0 Å². The molecule has 2 bridgehead atoms. The molecule has 0 amide bonds. The molecule has 4 nitrogen and oxygen atoms in total. The van der Waals surface area contributed by atoms with Crippen LogP contribution in [0.5, 0.6) is 0 Å². The number of rotatable bonds is 4. The minimum atomic E-state index is -0.200.